The van der Waals surface area contributed by atoms with Crippen molar-refractivity contribution in [3.63, 3.8) is 0 Å². The van der Waals surface area contributed by atoms with Crippen LogP contribution in [-0.4, -0.2) is 16.9 Å². The summed E-state index contributed by atoms with van der Waals surface area (Å²) in [5, 5.41) is 5.46. The molecule has 4 aromatic rings. The summed E-state index contributed by atoms with van der Waals surface area (Å²) in [6.07, 6.45) is 0. The largest absolute Gasteiger partial charge is 0.309 e. The van der Waals surface area contributed by atoms with E-state index in [1.54, 1.807) is 6.07 Å². The van der Waals surface area contributed by atoms with Gasteiger partial charge in [0.2, 0.25) is 0 Å². The number of hydrogen-bond donors (Lipinski definition) is 0. The zero-order chi connectivity index (χ0) is 17.2. The van der Waals surface area contributed by atoms with Gasteiger partial charge in [-0.1, -0.05) is 41.5 Å². The van der Waals surface area contributed by atoms with Crippen molar-refractivity contribution in [2.45, 2.75) is 0 Å². The van der Waals surface area contributed by atoms with E-state index in [0.717, 1.165) is 27.5 Å². The lowest BCUT2D eigenvalue weighted by Gasteiger charge is -2.07. The molecule has 0 atom stereocenters. The predicted molar refractivity (Wildman–Crippen MR) is 99.1 cm³/mol. The summed E-state index contributed by atoms with van der Waals surface area (Å²) in [6, 6.07) is 23.9. The highest BCUT2D eigenvalue weighted by Crippen LogP contribution is 2.32. The van der Waals surface area contributed by atoms with Crippen molar-refractivity contribution in [3.8, 4) is 5.69 Å². The Kier molecular flexibility index (Phi) is 3.69. The molecule has 5 heteroatoms. The Balaban J connectivity index is 2.00. The van der Waals surface area contributed by atoms with Crippen molar-refractivity contribution < 1.29 is 4.79 Å². The minimum absolute atomic E-state index is 0.167. The van der Waals surface area contributed by atoms with Crippen LogP contribution >= 0.6 is 0 Å². The fourth-order valence-corrected chi connectivity index (χ4v) is 3.19. The van der Waals surface area contributed by atoms with Gasteiger partial charge in [0.25, 0.3) is 0 Å². The summed E-state index contributed by atoms with van der Waals surface area (Å²) in [5.74, 6) is -0.184. The molecule has 0 saturated carbocycles. The summed E-state index contributed by atoms with van der Waals surface area (Å²) < 4.78 is 2.19. The summed E-state index contributed by atoms with van der Waals surface area (Å²) in [5.41, 5.74) is 12.2. The maximum atomic E-state index is 12.2. The number of ketones is 1. The van der Waals surface area contributed by atoms with Crippen LogP contribution in [0, 0.1) is 0 Å². The average Bonchev–Trinajstić information content (AvgIpc) is 3.00. The van der Waals surface area contributed by atoms with Crippen molar-refractivity contribution in [1.29, 1.82) is 0 Å². The number of benzene rings is 3. The van der Waals surface area contributed by atoms with Crippen LogP contribution in [0.1, 0.15) is 10.4 Å². The molecule has 0 bridgehead atoms. The van der Waals surface area contributed by atoms with E-state index in [0.29, 0.717) is 5.56 Å². The fourth-order valence-electron chi connectivity index (χ4n) is 3.19. The number of nitrogens with zero attached hydrogens (tertiary/aromatic N) is 4. The molecule has 120 valence electrons. The van der Waals surface area contributed by atoms with Crippen LogP contribution in [0.4, 0.5) is 0 Å². The number of hydrogen-bond acceptors (Lipinski definition) is 2. The van der Waals surface area contributed by atoms with Crippen molar-refractivity contribution in [2.75, 3.05) is 6.54 Å². The van der Waals surface area contributed by atoms with E-state index in [9.17, 15) is 4.79 Å². The molecule has 0 fully saturated rings. The summed E-state index contributed by atoms with van der Waals surface area (Å²) in [4.78, 5) is 14.8. The zero-order valence-corrected chi connectivity index (χ0v) is 13.3. The number of carbonyl (C=O) groups is 1. The Labute approximate surface area is 143 Å². The molecule has 0 amide bonds. The van der Waals surface area contributed by atoms with Crippen LogP contribution < -0.4 is 0 Å². The Morgan fingerprint density at radius 3 is 2.44 bits per heavy atom. The van der Waals surface area contributed by atoms with Gasteiger partial charge in [-0.25, -0.2) is 0 Å². The minimum Gasteiger partial charge on any atom is -0.309 e. The Bertz CT molecular complexity index is 1140. The van der Waals surface area contributed by atoms with Crippen molar-refractivity contribution in [3.05, 3.63) is 88.8 Å². The van der Waals surface area contributed by atoms with Gasteiger partial charge in [0.1, 0.15) is 0 Å². The molecule has 0 aliphatic carbocycles. The van der Waals surface area contributed by atoms with E-state index in [4.69, 9.17) is 5.53 Å². The molecule has 0 N–H and O–H groups in total. The van der Waals surface area contributed by atoms with E-state index < -0.39 is 0 Å². The van der Waals surface area contributed by atoms with Crippen LogP contribution in [0.3, 0.4) is 0 Å². The standard InChI is InChI=1S/C20H14N4O/c21-23-22-13-20(25)14-10-11-19-17(12-14)16-8-4-5-9-18(16)24(19)15-6-2-1-3-7-15/h1-12H,13H2. The lowest BCUT2D eigenvalue weighted by atomic mass is 10.1. The quantitative estimate of drug-likeness (QED) is 0.218. The predicted octanol–water partition coefficient (Wildman–Crippen LogP) is 5.28. The van der Waals surface area contributed by atoms with Gasteiger partial charge in [-0.2, -0.15) is 0 Å². The highest BCUT2D eigenvalue weighted by molar-refractivity contribution is 6.12. The van der Waals surface area contributed by atoms with Gasteiger partial charge in [-0.3, -0.25) is 4.79 Å². The van der Waals surface area contributed by atoms with Crippen LogP contribution in [0.25, 0.3) is 37.9 Å². The van der Waals surface area contributed by atoms with Crippen molar-refractivity contribution in [2.24, 2.45) is 5.11 Å². The molecular formula is C20H14N4O. The second kappa shape index (κ2) is 6.15. The first-order chi connectivity index (χ1) is 12.3. The summed E-state index contributed by atoms with van der Waals surface area (Å²) in [7, 11) is 0. The van der Waals surface area contributed by atoms with E-state index in [2.05, 4.69) is 38.9 Å². The highest BCUT2D eigenvalue weighted by atomic mass is 16.1. The SMILES string of the molecule is [N-]=[N+]=NCC(=O)c1ccc2c(c1)c1ccccc1n2-c1ccccc1. The maximum absolute atomic E-state index is 12.2. The zero-order valence-electron chi connectivity index (χ0n) is 13.3. The number of para-hydroxylation sites is 2. The van der Waals surface area contributed by atoms with Crippen LogP contribution in [0.5, 0.6) is 0 Å². The number of fused-ring (bicyclic) bond motifs is 3. The molecular weight excluding hydrogens is 312 g/mol. The number of rotatable bonds is 4. The van der Waals surface area contributed by atoms with Gasteiger partial charge < -0.3 is 4.57 Å². The average molecular weight is 326 g/mol. The third-order valence-corrected chi connectivity index (χ3v) is 4.29. The first-order valence-corrected chi connectivity index (χ1v) is 7.92. The van der Waals surface area contributed by atoms with E-state index in [1.807, 2.05) is 42.5 Å². The molecule has 5 nitrogen and oxygen atoms in total. The number of Topliss-reactive ketones (excluding diaryl/α,β-unsaturated/α-hetero) is 1. The van der Waals surface area contributed by atoms with Crippen molar-refractivity contribution in [1.82, 2.24) is 4.57 Å². The minimum atomic E-state index is -0.184. The fraction of sp³-hybridized carbons (Fsp3) is 0.0500. The van der Waals surface area contributed by atoms with Crippen LogP contribution in [0.15, 0.2) is 77.9 Å². The van der Waals surface area contributed by atoms with Gasteiger partial charge in [0.05, 0.1) is 17.6 Å². The van der Waals surface area contributed by atoms with Crippen LogP contribution in [0.2, 0.25) is 0 Å². The molecule has 1 heterocycles. The monoisotopic (exact) mass is 326 g/mol. The van der Waals surface area contributed by atoms with Gasteiger partial charge in [-0.15, -0.1) is 0 Å². The molecule has 3 aromatic carbocycles. The molecule has 0 aliphatic rings. The smallest absolute Gasteiger partial charge is 0.168 e. The Morgan fingerprint density at radius 2 is 1.64 bits per heavy atom. The maximum Gasteiger partial charge on any atom is 0.168 e. The molecule has 0 unspecified atom stereocenters. The van der Waals surface area contributed by atoms with Gasteiger partial charge >= 0.3 is 0 Å². The molecule has 0 spiro atoms. The summed E-state index contributed by atoms with van der Waals surface area (Å²) >= 11 is 0. The third-order valence-electron chi connectivity index (χ3n) is 4.29. The molecule has 1 aromatic heterocycles. The number of aromatic nitrogens is 1. The summed E-state index contributed by atoms with van der Waals surface area (Å²) in [6.45, 7) is -0.167. The first kappa shape index (κ1) is 15.0. The van der Waals surface area contributed by atoms with E-state index in [1.165, 1.54) is 0 Å². The molecule has 4 rings (SSSR count). The molecule has 0 aliphatic heterocycles. The number of carbonyl (C=O) groups excluding carboxylic acids is 1. The Morgan fingerprint density at radius 1 is 0.920 bits per heavy atom. The van der Waals surface area contributed by atoms with Gasteiger partial charge in [0, 0.05) is 26.9 Å². The second-order valence-electron chi connectivity index (χ2n) is 5.73. The van der Waals surface area contributed by atoms with E-state index in [-0.39, 0.29) is 12.3 Å². The molecule has 25 heavy (non-hydrogen) atoms. The first-order valence-electron chi connectivity index (χ1n) is 7.92. The lowest BCUT2D eigenvalue weighted by molar-refractivity contribution is 0.100. The third kappa shape index (κ3) is 2.53. The Hall–Kier alpha value is -3.56. The van der Waals surface area contributed by atoms with Gasteiger partial charge in [-0.05, 0) is 41.9 Å². The van der Waals surface area contributed by atoms with Gasteiger partial charge in [0.15, 0.2) is 5.78 Å². The lowest BCUT2D eigenvalue weighted by Crippen LogP contribution is -2.02. The normalized spacial score (nSPS) is 10.7. The second-order valence-corrected chi connectivity index (χ2v) is 5.73. The highest BCUT2D eigenvalue weighted by Gasteiger charge is 2.14. The van der Waals surface area contributed by atoms with Crippen molar-refractivity contribution >= 4 is 27.6 Å². The number of azide groups is 1. The molecule has 0 saturated heterocycles. The topological polar surface area (TPSA) is 70.8 Å². The van der Waals surface area contributed by atoms with Crippen LogP contribution in [-0.2, 0) is 0 Å². The van der Waals surface area contributed by atoms with E-state index >= 15 is 0 Å². The molecule has 0 radical (unpaired) electrons.